The number of carbonyl (C=O) groups excluding carboxylic acids is 3. The van der Waals surface area contributed by atoms with E-state index in [2.05, 4.69) is 4.90 Å². The number of likely N-dealkylation sites (tertiary alicyclic amines) is 1. The molecule has 3 aliphatic heterocycles. The van der Waals surface area contributed by atoms with Gasteiger partial charge in [-0.15, -0.1) is 0 Å². The van der Waals surface area contributed by atoms with Crippen molar-refractivity contribution in [3.8, 4) is 11.5 Å². The number of hydrogen-bond donors (Lipinski definition) is 2. The van der Waals surface area contributed by atoms with Crippen LogP contribution in [-0.2, 0) is 5.41 Å². The minimum atomic E-state index is -1.19. The second-order valence-electron chi connectivity index (χ2n) is 11.4. The smallest absolute Gasteiger partial charge is 0.261 e. The Labute approximate surface area is 207 Å². The molecule has 3 heterocycles. The van der Waals surface area contributed by atoms with Crippen molar-refractivity contribution in [2.24, 2.45) is 5.92 Å². The van der Waals surface area contributed by atoms with E-state index in [1.54, 1.807) is 30.3 Å². The summed E-state index contributed by atoms with van der Waals surface area (Å²) in [6.45, 7) is 0.967. The third-order valence-corrected chi connectivity index (χ3v) is 9.82. The summed E-state index contributed by atoms with van der Waals surface area (Å²) in [4.78, 5) is 42.8. The molecule has 1 saturated heterocycles. The van der Waals surface area contributed by atoms with E-state index in [0.29, 0.717) is 47.4 Å². The Morgan fingerprint density at radius 1 is 1.03 bits per heavy atom. The number of phenolic OH excluding ortho intramolecular Hbond substituents is 1. The highest BCUT2D eigenvalue weighted by molar-refractivity contribution is 6.21. The Morgan fingerprint density at radius 2 is 1.75 bits per heavy atom. The number of benzene rings is 2. The number of imide groups is 1. The van der Waals surface area contributed by atoms with Gasteiger partial charge in [0, 0.05) is 23.7 Å². The zero-order chi connectivity index (χ0) is 24.6. The molecule has 2 amide bonds. The van der Waals surface area contributed by atoms with Gasteiger partial charge in [-0.3, -0.25) is 24.2 Å². The number of fused-ring (bicyclic) bond motifs is 4. The summed E-state index contributed by atoms with van der Waals surface area (Å²) < 4.78 is 6.44. The van der Waals surface area contributed by atoms with E-state index in [4.69, 9.17) is 4.74 Å². The molecule has 0 aromatic heterocycles. The Balaban J connectivity index is 1.27. The fourth-order valence-corrected chi connectivity index (χ4v) is 8.16. The van der Waals surface area contributed by atoms with Gasteiger partial charge in [-0.1, -0.05) is 12.1 Å². The minimum absolute atomic E-state index is 0.0554. The van der Waals surface area contributed by atoms with Crippen LogP contribution in [0.25, 0.3) is 0 Å². The molecule has 7 atom stereocenters. The predicted molar refractivity (Wildman–Crippen MR) is 126 cm³/mol. The Morgan fingerprint density at radius 3 is 2.42 bits per heavy atom. The molecular formula is C28H26N2O6. The summed E-state index contributed by atoms with van der Waals surface area (Å²) in [5.74, 6) is 0.0559. The van der Waals surface area contributed by atoms with Gasteiger partial charge in [-0.2, -0.15) is 0 Å². The van der Waals surface area contributed by atoms with Crippen LogP contribution in [0.5, 0.6) is 11.5 Å². The lowest BCUT2D eigenvalue weighted by atomic mass is 9.57. The normalized spacial score (nSPS) is 39.1. The van der Waals surface area contributed by atoms with E-state index in [1.165, 1.54) is 23.8 Å². The molecular weight excluding hydrogens is 460 g/mol. The van der Waals surface area contributed by atoms with E-state index in [9.17, 15) is 24.6 Å². The van der Waals surface area contributed by atoms with Crippen LogP contribution < -0.4 is 4.74 Å². The minimum Gasteiger partial charge on any atom is -0.504 e. The summed E-state index contributed by atoms with van der Waals surface area (Å²) in [7, 11) is 0. The van der Waals surface area contributed by atoms with Gasteiger partial charge in [0.05, 0.1) is 34.2 Å². The number of aliphatic hydroxyl groups is 1. The van der Waals surface area contributed by atoms with Crippen molar-refractivity contribution in [1.82, 2.24) is 9.80 Å². The molecule has 2 aromatic carbocycles. The van der Waals surface area contributed by atoms with Crippen LogP contribution in [0.4, 0.5) is 0 Å². The van der Waals surface area contributed by atoms with Crippen molar-refractivity contribution >= 4 is 18.1 Å². The zero-order valence-corrected chi connectivity index (χ0v) is 19.6. The molecule has 0 radical (unpaired) electrons. The SMILES string of the molecule is O=Cc1ccc(O)c2c1[C@]13CC4[C@@H](N4CC4CC4)[C@]1(O)CC[C@@H](N1C(=O)c4ccccc4C1=O)[C@@H]3O2. The van der Waals surface area contributed by atoms with Crippen LogP contribution in [-0.4, -0.2) is 74.5 Å². The van der Waals surface area contributed by atoms with E-state index in [-0.39, 0.29) is 35.4 Å². The number of aldehydes is 1. The second-order valence-corrected chi connectivity index (χ2v) is 11.4. The number of phenols is 1. The number of aromatic hydroxyl groups is 1. The maximum Gasteiger partial charge on any atom is 0.261 e. The molecule has 1 spiro atoms. The van der Waals surface area contributed by atoms with Gasteiger partial charge in [-0.25, -0.2) is 0 Å². The summed E-state index contributed by atoms with van der Waals surface area (Å²) in [5, 5.41) is 23.3. The van der Waals surface area contributed by atoms with Crippen molar-refractivity contribution in [3.05, 3.63) is 58.7 Å². The number of ether oxygens (including phenoxy) is 1. The molecule has 2 unspecified atom stereocenters. The highest BCUT2D eigenvalue weighted by Gasteiger charge is 2.81. The zero-order valence-electron chi connectivity index (χ0n) is 19.6. The fourth-order valence-electron chi connectivity index (χ4n) is 8.16. The summed E-state index contributed by atoms with van der Waals surface area (Å²) in [5.41, 5.74) is -0.538. The van der Waals surface area contributed by atoms with Crippen molar-refractivity contribution in [2.45, 2.75) is 67.3 Å². The Kier molecular flexibility index (Phi) is 3.80. The van der Waals surface area contributed by atoms with Crippen molar-refractivity contribution < 1.29 is 29.3 Å². The lowest BCUT2D eigenvalue weighted by molar-refractivity contribution is -0.123. The second kappa shape index (κ2) is 6.55. The topological polar surface area (TPSA) is 107 Å². The van der Waals surface area contributed by atoms with Crippen LogP contribution in [0, 0.1) is 5.92 Å². The van der Waals surface area contributed by atoms with Crippen LogP contribution >= 0.6 is 0 Å². The monoisotopic (exact) mass is 486 g/mol. The molecule has 8 rings (SSSR count). The number of hydrogen-bond acceptors (Lipinski definition) is 7. The van der Waals surface area contributed by atoms with Gasteiger partial charge >= 0.3 is 0 Å². The average Bonchev–Trinajstić information content (AvgIpc) is 3.75. The molecule has 0 bridgehead atoms. The third kappa shape index (κ3) is 2.26. The summed E-state index contributed by atoms with van der Waals surface area (Å²) >= 11 is 0. The highest BCUT2D eigenvalue weighted by Crippen LogP contribution is 2.70. The predicted octanol–water partition coefficient (Wildman–Crippen LogP) is 2.26. The molecule has 2 aromatic rings. The number of piperidine rings is 1. The van der Waals surface area contributed by atoms with Gasteiger partial charge in [0.25, 0.3) is 11.8 Å². The van der Waals surface area contributed by atoms with E-state index in [0.717, 1.165) is 12.8 Å². The van der Waals surface area contributed by atoms with Crippen LogP contribution in [0.1, 0.15) is 68.7 Å². The van der Waals surface area contributed by atoms with Gasteiger partial charge in [0.1, 0.15) is 12.4 Å². The number of rotatable bonds is 4. The van der Waals surface area contributed by atoms with Crippen LogP contribution in [0.2, 0.25) is 0 Å². The maximum absolute atomic E-state index is 13.5. The Hall–Kier alpha value is -3.23. The van der Waals surface area contributed by atoms with Gasteiger partial charge in [0.2, 0.25) is 0 Å². The molecule has 6 aliphatic rings. The van der Waals surface area contributed by atoms with E-state index in [1.807, 2.05) is 0 Å². The first-order valence-corrected chi connectivity index (χ1v) is 12.8. The molecule has 4 fully saturated rings. The van der Waals surface area contributed by atoms with Gasteiger partial charge < -0.3 is 14.9 Å². The molecule has 8 heteroatoms. The molecule has 8 nitrogen and oxygen atoms in total. The molecule has 184 valence electrons. The summed E-state index contributed by atoms with van der Waals surface area (Å²) in [6.07, 6.45) is 3.76. The molecule has 2 N–H and O–H groups in total. The van der Waals surface area contributed by atoms with Gasteiger partial charge in [-0.05, 0) is 62.3 Å². The average molecular weight is 487 g/mol. The quantitative estimate of drug-likeness (QED) is 0.388. The summed E-state index contributed by atoms with van der Waals surface area (Å²) in [6, 6.07) is 9.26. The van der Waals surface area contributed by atoms with Crippen molar-refractivity contribution in [1.29, 1.82) is 0 Å². The first-order valence-electron chi connectivity index (χ1n) is 12.8. The molecule has 36 heavy (non-hydrogen) atoms. The number of nitrogens with zero attached hydrogens (tertiary/aromatic N) is 2. The van der Waals surface area contributed by atoms with E-state index >= 15 is 0 Å². The number of carbonyl (C=O) groups is 3. The Bertz CT molecular complexity index is 1350. The third-order valence-electron chi connectivity index (χ3n) is 9.82. The van der Waals surface area contributed by atoms with Crippen molar-refractivity contribution in [3.63, 3.8) is 0 Å². The standard InChI is InChI=1S/C28H26N2O6/c31-13-15-7-8-20(32)22-21(15)27-11-19-23(29(19)12-14-5-6-14)28(27,35)10-9-18(24(27)36-22)30-25(33)16-3-1-2-4-17(16)26(30)34/h1-4,7-8,13-14,18-19,23-24,32,35H,5-6,9-12H2/t18-,19?,23-,24+,27+,28-,29?/m1/s1. The lowest BCUT2D eigenvalue weighted by Gasteiger charge is -2.53. The first kappa shape index (κ1) is 20.9. The maximum atomic E-state index is 13.5. The molecule has 3 saturated carbocycles. The first-order chi connectivity index (χ1) is 17.4. The highest BCUT2D eigenvalue weighted by atomic mass is 16.5. The van der Waals surface area contributed by atoms with Crippen LogP contribution in [0.3, 0.4) is 0 Å². The lowest BCUT2D eigenvalue weighted by Crippen LogP contribution is -2.68. The number of amides is 2. The largest absolute Gasteiger partial charge is 0.504 e. The van der Waals surface area contributed by atoms with Crippen molar-refractivity contribution in [2.75, 3.05) is 6.54 Å². The molecule has 3 aliphatic carbocycles. The fraction of sp³-hybridized carbons (Fsp3) is 0.464. The van der Waals surface area contributed by atoms with E-state index < -0.39 is 23.2 Å². The van der Waals surface area contributed by atoms with Gasteiger partial charge in [0.15, 0.2) is 11.5 Å². The van der Waals surface area contributed by atoms with Crippen LogP contribution in [0.15, 0.2) is 36.4 Å².